The first-order valence-corrected chi connectivity index (χ1v) is 9.21. The fraction of sp³-hybridized carbons (Fsp3) is 0.238. The summed E-state index contributed by atoms with van der Waals surface area (Å²) in [5, 5.41) is 0. The van der Waals surface area contributed by atoms with Crippen LogP contribution in [0.3, 0.4) is 0 Å². The summed E-state index contributed by atoms with van der Waals surface area (Å²) in [5.41, 5.74) is 0.811. The van der Waals surface area contributed by atoms with E-state index in [2.05, 4.69) is 15.0 Å². The number of aromatic nitrogens is 3. The minimum Gasteiger partial charge on any atom is -0.481 e. The van der Waals surface area contributed by atoms with Crippen molar-refractivity contribution in [3.63, 3.8) is 0 Å². The molecule has 1 aliphatic heterocycles. The third-order valence-electron chi connectivity index (χ3n) is 4.97. The highest BCUT2D eigenvalue weighted by Gasteiger charge is 2.30. The van der Waals surface area contributed by atoms with Crippen LogP contribution in [0.15, 0.2) is 53.5 Å². The Kier molecular flexibility index (Phi) is 5.07. The predicted molar refractivity (Wildman–Crippen MR) is 104 cm³/mol. The summed E-state index contributed by atoms with van der Waals surface area (Å²) in [7, 11) is 1.50. The number of ether oxygens (including phenoxy) is 1. The van der Waals surface area contributed by atoms with Crippen LogP contribution in [0.1, 0.15) is 28.5 Å². The zero-order valence-electron chi connectivity index (χ0n) is 15.8. The highest BCUT2D eigenvalue weighted by molar-refractivity contribution is 5.94. The number of aromatic amines is 1. The van der Waals surface area contributed by atoms with E-state index < -0.39 is 5.82 Å². The van der Waals surface area contributed by atoms with Crippen LogP contribution >= 0.6 is 0 Å². The van der Waals surface area contributed by atoms with Crippen molar-refractivity contribution >= 4 is 5.91 Å². The Balaban J connectivity index is 1.60. The van der Waals surface area contributed by atoms with E-state index >= 15 is 0 Å². The first-order chi connectivity index (χ1) is 14.1. The number of carbonyl (C=O) groups is 1. The molecule has 1 atom stereocenters. The first-order valence-electron chi connectivity index (χ1n) is 9.21. The number of carbonyl (C=O) groups excluding carboxylic acids is 1. The van der Waals surface area contributed by atoms with Gasteiger partial charge in [-0.25, -0.2) is 14.4 Å². The fourth-order valence-electron chi connectivity index (χ4n) is 3.53. The summed E-state index contributed by atoms with van der Waals surface area (Å²) in [5.74, 6) is -0.196. The number of hydrogen-bond acceptors (Lipinski definition) is 5. The number of likely N-dealkylation sites (tertiary alicyclic amines) is 1. The maximum atomic E-state index is 14.0. The molecule has 0 radical (unpaired) electrons. The molecule has 1 fully saturated rings. The minimum absolute atomic E-state index is 0.0449. The van der Waals surface area contributed by atoms with Crippen LogP contribution in [0, 0.1) is 5.82 Å². The van der Waals surface area contributed by atoms with Crippen molar-refractivity contribution in [2.45, 2.75) is 12.3 Å². The van der Waals surface area contributed by atoms with Gasteiger partial charge in [-0.1, -0.05) is 12.1 Å². The van der Waals surface area contributed by atoms with Crippen LogP contribution in [0.5, 0.6) is 5.88 Å². The van der Waals surface area contributed by atoms with Crippen molar-refractivity contribution in [3.05, 3.63) is 76.2 Å². The maximum Gasteiger partial charge on any atom is 0.256 e. The lowest BCUT2D eigenvalue weighted by atomic mass is 10.1. The Bertz CT molecular complexity index is 1110. The molecule has 3 heterocycles. The molecule has 0 saturated carbocycles. The number of H-pyrrole nitrogens is 1. The summed E-state index contributed by atoms with van der Waals surface area (Å²) in [4.78, 5) is 38.0. The third-order valence-corrected chi connectivity index (χ3v) is 4.97. The zero-order chi connectivity index (χ0) is 20.4. The number of rotatable bonds is 4. The number of amides is 1. The summed E-state index contributed by atoms with van der Waals surface area (Å²) >= 11 is 0. The molecular formula is C21H19FN4O3. The van der Waals surface area contributed by atoms with Crippen molar-refractivity contribution in [2.24, 2.45) is 0 Å². The molecule has 1 N–H and O–H groups in total. The van der Waals surface area contributed by atoms with Gasteiger partial charge in [-0.15, -0.1) is 0 Å². The van der Waals surface area contributed by atoms with E-state index in [1.54, 1.807) is 35.4 Å². The molecule has 2 aromatic heterocycles. The third kappa shape index (κ3) is 3.73. The molecule has 3 aromatic rings. The topological polar surface area (TPSA) is 88.2 Å². The molecule has 1 aromatic carbocycles. The van der Waals surface area contributed by atoms with Gasteiger partial charge in [0.15, 0.2) is 0 Å². The molecule has 0 aliphatic carbocycles. The van der Waals surface area contributed by atoms with Crippen LogP contribution in [0.4, 0.5) is 4.39 Å². The normalized spacial score (nSPS) is 16.1. The van der Waals surface area contributed by atoms with E-state index in [-0.39, 0.29) is 22.9 Å². The van der Waals surface area contributed by atoms with Gasteiger partial charge in [-0.3, -0.25) is 9.59 Å². The molecule has 29 heavy (non-hydrogen) atoms. The lowest BCUT2D eigenvalue weighted by molar-refractivity contribution is 0.0786. The molecule has 1 aliphatic rings. The number of halogens is 1. The van der Waals surface area contributed by atoms with E-state index in [0.29, 0.717) is 42.5 Å². The van der Waals surface area contributed by atoms with Crippen molar-refractivity contribution < 1.29 is 13.9 Å². The van der Waals surface area contributed by atoms with Crippen LogP contribution in [-0.4, -0.2) is 46.0 Å². The second-order valence-corrected chi connectivity index (χ2v) is 6.79. The Labute approximate surface area is 166 Å². The van der Waals surface area contributed by atoms with Gasteiger partial charge in [0.05, 0.1) is 23.9 Å². The van der Waals surface area contributed by atoms with Crippen LogP contribution in [-0.2, 0) is 0 Å². The van der Waals surface area contributed by atoms with Crippen LogP contribution in [0.25, 0.3) is 11.3 Å². The predicted octanol–water partition coefficient (Wildman–Crippen LogP) is 2.61. The molecule has 148 valence electrons. The van der Waals surface area contributed by atoms with Crippen molar-refractivity contribution in [3.8, 4) is 17.1 Å². The van der Waals surface area contributed by atoms with Gasteiger partial charge in [0.25, 0.3) is 11.5 Å². The molecule has 1 saturated heterocycles. The Hall–Kier alpha value is -3.55. The van der Waals surface area contributed by atoms with Gasteiger partial charge < -0.3 is 14.6 Å². The molecule has 1 amide bonds. The maximum absolute atomic E-state index is 14.0. The average molecular weight is 394 g/mol. The Morgan fingerprint density at radius 2 is 2.10 bits per heavy atom. The van der Waals surface area contributed by atoms with Gasteiger partial charge in [0, 0.05) is 31.3 Å². The second kappa shape index (κ2) is 7.83. The van der Waals surface area contributed by atoms with Gasteiger partial charge in [0.2, 0.25) is 5.88 Å². The quantitative estimate of drug-likeness (QED) is 0.735. The van der Waals surface area contributed by atoms with E-state index in [1.165, 1.54) is 25.3 Å². The summed E-state index contributed by atoms with van der Waals surface area (Å²) in [6, 6.07) is 10.8. The summed E-state index contributed by atoms with van der Waals surface area (Å²) in [6.07, 6.45) is 2.22. The smallest absolute Gasteiger partial charge is 0.256 e. The van der Waals surface area contributed by atoms with E-state index in [9.17, 15) is 14.0 Å². The molecule has 0 bridgehead atoms. The molecule has 1 unspecified atom stereocenters. The number of hydrogen-bond donors (Lipinski definition) is 1. The number of benzene rings is 1. The Morgan fingerprint density at radius 1 is 1.28 bits per heavy atom. The van der Waals surface area contributed by atoms with E-state index in [1.807, 2.05) is 0 Å². The highest BCUT2D eigenvalue weighted by Crippen LogP contribution is 2.29. The second-order valence-electron chi connectivity index (χ2n) is 6.79. The van der Waals surface area contributed by atoms with E-state index in [0.717, 1.165) is 0 Å². The monoisotopic (exact) mass is 394 g/mol. The summed E-state index contributed by atoms with van der Waals surface area (Å²) < 4.78 is 19.2. The van der Waals surface area contributed by atoms with Crippen molar-refractivity contribution in [2.75, 3.05) is 20.2 Å². The summed E-state index contributed by atoms with van der Waals surface area (Å²) in [6.45, 7) is 0.811. The minimum atomic E-state index is -0.543. The molecule has 7 nitrogen and oxygen atoms in total. The average Bonchev–Trinajstić information content (AvgIpc) is 3.23. The van der Waals surface area contributed by atoms with Gasteiger partial charge in [-0.2, -0.15) is 0 Å². The molecular weight excluding hydrogens is 375 g/mol. The SMILES string of the molecule is COc1ncccc1-c1cc(=O)[nH]c(C2CCN(C(=O)c3ccccc3F)C2)n1. The first kappa shape index (κ1) is 18.8. The van der Waals surface area contributed by atoms with Crippen molar-refractivity contribution in [1.29, 1.82) is 0 Å². The van der Waals surface area contributed by atoms with Gasteiger partial charge in [0.1, 0.15) is 11.6 Å². The van der Waals surface area contributed by atoms with Crippen LogP contribution in [0.2, 0.25) is 0 Å². The Morgan fingerprint density at radius 3 is 2.90 bits per heavy atom. The highest BCUT2D eigenvalue weighted by atomic mass is 19.1. The van der Waals surface area contributed by atoms with Gasteiger partial charge >= 0.3 is 0 Å². The van der Waals surface area contributed by atoms with Crippen LogP contribution < -0.4 is 10.3 Å². The standard InChI is InChI=1S/C21H19FN4O3/c1-29-20-15(6-4-9-23-20)17-11-18(27)25-19(24-17)13-8-10-26(12-13)21(28)14-5-2-3-7-16(14)22/h2-7,9,11,13H,8,10,12H2,1H3,(H,24,25,27). The zero-order valence-corrected chi connectivity index (χ0v) is 15.8. The fourth-order valence-corrected chi connectivity index (χ4v) is 3.53. The number of methoxy groups -OCH3 is 1. The number of pyridine rings is 1. The molecule has 4 rings (SSSR count). The lowest BCUT2D eigenvalue weighted by Crippen LogP contribution is -2.29. The van der Waals surface area contributed by atoms with E-state index in [4.69, 9.17) is 4.74 Å². The number of nitrogens with zero attached hydrogens (tertiary/aromatic N) is 3. The van der Waals surface area contributed by atoms with Gasteiger partial charge in [-0.05, 0) is 30.7 Å². The molecule has 8 heteroatoms. The lowest BCUT2D eigenvalue weighted by Gasteiger charge is -2.17. The largest absolute Gasteiger partial charge is 0.481 e. The van der Waals surface area contributed by atoms with Crippen molar-refractivity contribution in [1.82, 2.24) is 19.9 Å². The number of nitrogens with one attached hydrogen (secondary N) is 1. The molecule has 0 spiro atoms.